The highest BCUT2D eigenvalue weighted by molar-refractivity contribution is 7.69. The molecule has 3 atom stereocenters. The SMILES string of the molecule is C[P@](c1ccccc1)[C@@H]1C=CC=C1C1=CCC=C1[P@](C)c1ccccc1. The largest absolute Gasteiger partial charge is 0.0725 e. The van der Waals surface area contributed by atoms with Gasteiger partial charge in [0.2, 0.25) is 0 Å². The van der Waals surface area contributed by atoms with Crippen LogP contribution in [-0.4, -0.2) is 19.0 Å². The van der Waals surface area contributed by atoms with Crippen molar-refractivity contribution in [3.63, 3.8) is 0 Å². The second kappa shape index (κ2) is 7.87. The first kappa shape index (κ1) is 17.7. The Morgan fingerprint density at radius 1 is 0.808 bits per heavy atom. The zero-order valence-corrected chi connectivity index (χ0v) is 17.1. The third-order valence-electron chi connectivity index (χ3n) is 5.19. The number of hydrogen-bond acceptors (Lipinski definition) is 0. The molecular weight excluding hydrogens is 350 g/mol. The predicted molar refractivity (Wildman–Crippen MR) is 120 cm³/mol. The van der Waals surface area contributed by atoms with Gasteiger partial charge in [0.15, 0.2) is 0 Å². The average Bonchev–Trinajstić information content (AvgIpc) is 3.37. The molecule has 0 saturated carbocycles. The topological polar surface area (TPSA) is 0 Å². The van der Waals surface area contributed by atoms with E-state index in [9.17, 15) is 0 Å². The van der Waals surface area contributed by atoms with E-state index in [0.29, 0.717) is 5.66 Å². The summed E-state index contributed by atoms with van der Waals surface area (Å²) in [6, 6.07) is 22.0. The van der Waals surface area contributed by atoms with E-state index < -0.39 is 0 Å². The molecule has 2 aliphatic rings. The average molecular weight is 374 g/mol. The third-order valence-corrected chi connectivity index (χ3v) is 9.81. The quantitative estimate of drug-likeness (QED) is 0.568. The van der Waals surface area contributed by atoms with Gasteiger partial charge in [-0.2, -0.15) is 0 Å². The maximum Gasteiger partial charge on any atom is 0.0268 e. The molecule has 0 aliphatic heterocycles. The van der Waals surface area contributed by atoms with Gasteiger partial charge in [0.25, 0.3) is 0 Å². The van der Waals surface area contributed by atoms with E-state index in [4.69, 9.17) is 0 Å². The first-order valence-corrected chi connectivity index (χ1v) is 12.8. The summed E-state index contributed by atoms with van der Waals surface area (Å²) in [7, 11) is -0.534. The van der Waals surface area contributed by atoms with Crippen molar-refractivity contribution in [1.29, 1.82) is 0 Å². The lowest BCUT2D eigenvalue weighted by Gasteiger charge is -2.26. The van der Waals surface area contributed by atoms with E-state index in [-0.39, 0.29) is 15.8 Å². The molecule has 0 bridgehead atoms. The van der Waals surface area contributed by atoms with Gasteiger partial charge in [-0.1, -0.05) is 99.0 Å². The molecule has 0 saturated heterocycles. The Hall–Kier alpha value is -1.74. The summed E-state index contributed by atoms with van der Waals surface area (Å²) in [6.45, 7) is 4.82. The Kier molecular flexibility index (Phi) is 5.35. The van der Waals surface area contributed by atoms with Crippen molar-refractivity contribution in [3.8, 4) is 0 Å². The van der Waals surface area contributed by atoms with Gasteiger partial charge >= 0.3 is 0 Å². The van der Waals surface area contributed by atoms with Crippen molar-refractivity contribution >= 4 is 26.5 Å². The van der Waals surface area contributed by atoms with E-state index in [1.165, 1.54) is 21.8 Å². The van der Waals surface area contributed by atoms with Crippen LogP contribution in [-0.2, 0) is 0 Å². The standard InChI is InChI=1S/C24H24P2/c1-25(19-11-5-3-6-12-19)23-17-9-15-21(23)22-16-10-18-24(22)26(2)20-13-7-4-8-14-20/h3-9,11-18,23H,10H2,1-2H3/t23-,25-,26-/m1/s1. The van der Waals surface area contributed by atoms with Crippen LogP contribution in [0.5, 0.6) is 0 Å². The van der Waals surface area contributed by atoms with Crippen molar-refractivity contribution < 1.29 is 0 Å². The van der Waals surface area contributed by atoms with E-state index in [0.717, 1.165) is 6.42 Å². The van der Waals surface area contributed by atoms with Crippen LogP contribution in [0, 0.1) is 0 Å². The van der Waals surface area contributed by atoms with Gasteiger partial charge < -0.3 is 0 Å². The fourth-order valence-electron chi connectivity index (χ4n) is 3.75. The first-order chi connectivity index (χ1) is 12.8. The van der Waals surface area contributed by atoms with E-state index in [2.05, 4.69) is 104 Å². The minimum Gasteiger partial charge on any atom is -0.0725 e. The fraction of sp³-hybridized carbons (Fsp3) is 0.167. The summed E-state index contributed by atoms with van der Waals surface area (Å²) in [4.78, 5) is 0. The van der Waals surface area contributed by atoms with Crippen molar-refractivity contribution in [3.05, 3.63) is 108 Å². The van der Waals surface area contributed by atoms with Crippen LogP contribution in [0.15, 0.2) is 108 Å². The maximum absolute atomic E-state index is 2.45. The van der Waals surface area contributed by atoms with E-state index in [1.807, 2.05) is 0 Å². The molecule has 26 heavy (non-hydrogen) atoms. The Morgan fingerprint density at radius 2 is 1.46 bits per heavy atom. The number of hydrogen-bond donors (Lipinski definition) is 0. The van der Waals surface area contributed by atoms with Gasteiger partial charge in [-0.05, 0) is 54.7 Å². The van der Waals surface area contributed by atoms with Gasteiger partial charge in [-0.15, -0.1) is 0 Å². The molecule has 0 aromatic heterocycles. The second-order valence-electron chi connectivity index (χ2n) is 6.74. The lowest BCUT2D eigenvalue weighted by Crippen LogP contribution is -2.14. The normalized spacial score (nSPS) is 21.2. The van der Waals surface area contributed by atoms with E-state index in [1.54, 1.807) is 5.31 Å². The Labute approximate surface area is 159 Å². The highest BCUT2D eigenvalue weighted by atomic mass is 31.1. The summed E-state index contributed by atoms with van der Waals surface area (Å²) in [5, 5.41) is 4.50. The van der Waals surface area contributed by atoms with Crippen LogP contribution in [0.25, 0.3) is 0 Å². The highest BCUT2D eigenvalue weighted by Gasteiger charge is 2.29. The minimum atomic E-state index is -0.293. The zero-order chi connectivity index (χ0) is 17.9. The number of benzene rings is 2. The molecule has 2 heteroatoms. The summed E-state index contributed by atoms with van der Waals surface area (Å²) < 4.78 is 0. The van der Waals surface area contributed by atoms with Crippen molar-refractivity contribution in [1.82, 2.24) is 0 Å². The number of allylic oxidation sites excluding steroid dienone is 8. The highest BCUT2D eigenvalue weighted by Crippen LogP contribution is 2.53. The molecule has 0 fully saturated rings. The van der Waals surface area contributed by atoms with Crippen LogP contribution in [0.4, 0.5) is 0 Å². The van der Waals surface area contributed by atoms with Crippen LogP contribution in [0.1, 0.15) is 6.42 Å². The molecule has 130 valence electrons. The van der Waals surface area contributed by atoms with Crippen LogP contribution >= 0.6 is 15.8 Å². The molecule has 0 nitrogen and oxygen atoms in total. The monoisotopic (exact) mass is 374 g/mol. The molecule has 2 aromatic carbocycles. The van der Waals surface area contributed by atoms with E-state index >= 15 is 0 Å². The third kappa shape index (κ3) is 3.42. The maximum atomic E-state index is 2.45. The van der Waals surface area contributed by atoms with Crippen LogP contribution in [0.2, 0.25) is 0 Å². The Balaban J connectivity index is 1.60. The summed E-state index contributed by atoms with van der Waals surface area (Å²) in [5.74, 6) is 0. The molecule has 0 N–H and O–H groups in total. The molecule has 2 aromatic rings. The molecule has 0 amide bonds. The summed E-state index contributed by atoms with van der Waals surface area (Å²) in [5.41, 5.74) is 3.55. The predicted octanol–water partition coefficient (Wildman–Crippen LogP) is 5.94. The van der Waals surface area contributed by atoms with Gasteiger partial charge in [0.05, 0.1) is 0 Å². The first-order valence-electron chi connectivity index (χ1n) is 9.12. The van der Waals surface area contributed by atoms with Crippen molar-refractivity contribution in [2.45, 2.75) is 12.1 Å². The number of rotatable bonds is 5. The molecule has 0 radical (unpaired) electrons. The fourth-order valence-corrected chi connectivity index (χ4v) is 7.58. The molecule has 2 aliphatic carbocycles. The molecule has 0 unspecified atom stereocenters. The molecular formula is C24H24P2. The molecule has 0 heterocycles. The second-order valence-corrected chi connectivity index (χ2v) is 11.1. The van der Waals surface area contributed by atoms with Gasteiger partial charge in [-0.3, -0.25) is 0 Å². The van der Waals surface area contributed by atoms with Crippen molar-refractivity contribution in [2.75, 3.05) is 13.3 Å². The van der Waals surface area contributed by atoms with Crippen LogP contribution in [0.3, 0.4) is 0 Å². The lowest BCUT2D eigenvalue weighted by atomic mass is 10.1. The van der Waals surface area contributed by atoms with Crippen LogP contribution < -0.4 is 10.6 Å². The Bertz CT molecular complexity index is 888. The summed E-state index contributed by atoms with van der Waals surface area (Å²) >= 11 is 0. The smallest absolute Gasteiger partial charge is 0.0268 e. The van der Waals surface area contributed by atoms with Crippen molar-refractivity contribution in [2.24, 2.45) is 0 Å². The summed E-state index contributed by atoms with van der Waals surface area (Å²) in [6.07, 6.45) is 13.0. The lowest BCUT2D eigenvalue weighted by molar-refractivity contribution is 1.28. The minimum absolute atomic E-state index is 0.241. The van der Waals surface area contributed by atoms with Gasteiger partial charge in [0.1, 0.15) is 0 Å². The van der Waals surface area contributed by atoms with Gasteiger partial charge in [-0.25, -0.2) is 0 Å². The molecule has 4 rings (SSSR count). The zero-order valence-electron chi connectivity index (χ0n) is 15.3. The molecule has 0 spiro atoms. The Morgan fingerprint density at radius 3 is 2.15 bits per heavy atom. The van der Waals surface area contributed by atoms with Gasteiger partial charge in [0, 0.05) is 5.66 Å².